The molecule has 4 fully saturated rings. The van der Waals surface area contributed by atoms with E-state index in [2.05, 4.69) is 20.8 Å². The van der Waals surface area contributed by atoms with E-state index >= 15 is 0 Å². The van der Waals surface area contributed by atoms with E-state index < -0.39 is 22.5 Å². The molecule has 0 radical (unpaired) electrons. The quantitative estimate of drug-likeness (QED) is 0.361. The normalized spacial score (nSPS) is 44.7. The lowest BCUT2D eigenvalue weighted by molar-refractivity contribution is -0.182. The lowest BCUT2D eigenvalue weighted by Gasteiger charge is -2.61. The number of Topliss-reactive ketones (excluding diaryl/α,β-unsaturated/α-hetero) is 1. The highest BCUT2D eigenvalue weighted by Gasteiger charge is 2.65. The van der Waals surface area contributed by atoms with Gasteiger partial charge in [-0.2, -0.15) is 8.42 Å². The minimum atomic E-state index is -4.67. The van der Waals surface area contributed by atoms with Crippen molar-refractivity contribution in [1.82, 2.24) is 0 Å². The summed E-state index contributed by atoms with van der Waals surface area (Å²) in [7, 11) is -4.67. The zero-order valence-corrected chi connectivity index (χ0v) is 21.1. The van der Waals surface area contributed by atoms with Crippen LogP contribution in [0.1, 0.15) is 78.6 Å². The molecule has 0 aromatic heterocycles. The second-order valence-electron chi connectivity index (χ2n) is 11.7. The zero-order valence-electron chi connectivity index (χ0n) is 20.3. The molecule has 0 amide bonds. The van der Waals surface area contributed by atoms with Crippen molar-refractivity contribution in [1.29, 1.82) is 0 Å². The topological polar surface area (TPSA) is 169 Å². The van der Waals surface area contributed by atoms with Gasteiger partial charge in [0.1, 0.15) is 5.78 Å². The molecule has 0 aromatic carbocycles. The number of ketones is 1. The molecule has 3 unspecified atom stereocenters. The highest BCUT2D eigenvalue weighted by atomic mass is 32.3. The van der Waals surface area contributed by atoms with Crippen LogP contribution in [0.5, 0.6) is 0 Å². The van der Waals surface area contributed by atoms with Crippen LogP contribution < -0.4 is 0 Å². The summed E-state index contributed by atoms with van der Waals surface area (Å²) in [5, 5.41) is 30.7. The molecule has 4 saturated carbocycles. The van der Waals surface area contributed by atoms with E-state index in [4.69, 9.17) is 22.6 Å². The van der Waals surface area contributed by atoms with Gasteiger partial charge in [0.25, 0.3) is 0 Å². The number of carboxylic acids is 1. The van der Waals surface area contributed by atoms with Crippen molar-refractivity contribution in [3.63, 3.8) is 0 Å². The van der Waals surface area contributed by atoms with Crippen molar-refractivity contribution in [2.24, 2.45) is 46.3 Å². The summed E-state index contributed by atoms with van der Waals surface area (Å²) in [4.78, 5) is 24.4. The van der Waals surface area contributed by atoms with Gasteiger partial charge in [-0.1, -0.05) is 20.8 Å². The van der Waals surface area contributed by atoms with E-state index in [0.29, 0.717) is 25.0 Å². The van der Waals surface area contributed by atoms with Gasteiger partial charge >= 0.3 is 16.4 Å². The number of fused-ring (bicyclic) bond motifs is 5. The SMILES string of the molecule is C[C@H](CCC(=O)O)[C@H]1CCC2C3C(=O)C[C@@H]4C[C@H](O)CC[C@]4(C)C3C[C@H](O)[C@@]21C.O=S(=O)(O)O. The lowest BCUT2D eigenvalue weighted by atomic mass is 9.43. The number of aliphatic hydroxyl groups excluding tert-OH is 2. The van der Waals surface area contributed by atoms with Crippen molar-refractivity contribution in [2.45, 2.75) is 90.8 Å². The van der Waals surface area contributed by atoms with E-state index in [9.17, 15) is 19.8 Å². The summed E-state index contributed by atoms with van der Waals surface area (Å²) in [6, 6.07) is 0. The molecule has 0 aromatic rings. The Bertz CT molecular complexity index is 881. The average Bonchev–Trinajstić information content (AvgIpc) is 3.05. The number of aliphatic carboxylic acids is 1. The van der Waals surface area contributed by atoms with Crippen LogP contribution in [0.15, 0.2) is 0 Å². The molecule has 4 aliphatic carbocycles. The predicted octanol–water partition coefficient (Wildman–Crippen LogP) is 3.00. The summed E-state index contributed by atoms with van der Waals surface area (Å²) < 4.78 is 31.6. The zero-order chi connectivity index (χ0) is 25.6. The maximum atomic E-state index is 13.4. The third-order valence-electron chi connectivity index (χ3n) is 10.1. The molecule has 10 atom stereocenters. The van der Waals surface area contributed by atoms with Gasteiger partial charge in [0.15, 0.2) is 0 Å². The molecule has 0 aliphatic heterocycles. The fraction of sp³-hybridized carbons (Fsp3) is 0.917. The van der Waals surface area contributed by atoms with Crippen LogP contribution in [0.3, 0.4) is 0 Å². The largest absolute Gasteiger partial charge is 0.481 e. The summed E-state index contributed by atoms with van der Waals surface area (Å²) in [5.74, 6) is 0.775. The first-order valence-electron chi connectivity index (χ1n) is 12.4. The maximum Gasteiger partial charge on any atom is 0.394 e. The van der Waals surface area contributed by atoms with Crippen molar-refractivity contribution in [3.05, 3.63) is 0 Å². The first kappa shape index (κ1) is 27.5. The standard InChI is InChI=1S/C24H38O5.H2O4S/c1-13(4-7-21(28)29)16-5-6-17-22-18(12-20(27)24(16,17)3)23(2)9-8-15(25)10-14(23)11-19(22)26;1-5(2,3)4/h13-18,20,22,25,27H,4-12H2,1-3H3,(H,28,29);(H2,1,2,3,4)/t13-,14+,15-,16-,17?,18?,20+,22?,23+,24-;/m1./s1. The third kappa shape index (κ3) is 5.21. The summed E-state index contributed by atoms with van der Waals surface area (Å²) >= 11 is 0. The van der Waals surface area contributed by atoms with Gasteiger partial charge in [0.2, 0.25) is 0 Å². The molecule has 196 valence electrons. The first-order valence-corrected chi connectivity index (χ1v) is 13.8. The average molecular weight is 505 g/mol. The second kappa shape index (κ2) is 9.76. The molecule has 0 saturated heterocycles. The fourth-order valence-electron chi connectivity index (χ4n) is 8.40. The molecular formula is C24H40O9S. The predicted molar refractivity (Wildman–Crippen MR) is 123 cm³/mol. The van der Waals surface area contributed by atoms with Crippen LogP contribution in [-0.2, 0) is 20.0 Å². The van der Waals surface area contributed by atoms with Crippen LogP contribution in [0, 0.1) is 46.3 Å². The van der Waals surface area contributed by atoms with Gasteiger partial charge < -0.3 is 15.3 Å². The number of carboxylic acid groups (broad SMARTS) is 1. The highest BCUT2D eigenvalue weighted by Crippen LogP contribution is 2.67. The fourth-order valence-corrected chi connectivity index (χ4v) is 8.40. The van der Waals surface area contributed by atoms with E-state index in [0.717, 1.165) is 32.1 Å². The minimum absolute atomic E-state index is 0.0246. The molecule has 9 nitrogen and oxygen atoms in total. The molecule has 0 spiro atoms. The molecular weight excluding hydrogens is 464 g/mol. The number of hydrogen-bond donors (Lipinski definition) is 5. The number of carbonyl (C=O) groups is 2. The summed E-state index contributed by atoms with van der Waals surface area (Å²) in [6.07, 6.45) is 5.74. The van der Waals surface area contributed by atoms with E-state index in [-0.39, 0.29) is 58.9 Å². The number of rotatable bonds is 4. The Morgan fingerprint density at radius 1 is 1.09 bits per heavy atom. The summed E-state index contributed by atoms with van der Waals surface area (Å²) in [5.41, 5.74) is -0.265. The maximum absolute atomic E-state index is 13.4. The molecule has 4 aliphatic rings. The van der Waals surface area contributed by atoms with Gasteiger partial charge in [0, 0.05) is 24.2 Å². The van der Waals surface area contributed by atoms with Crippen LogP contribution >= 0.6 is 0 Å². The highest BCUT2D eigenvalue weighted by molar-refractivity contribution is 7.79. The molecule has 0 bridgehead atoms. The van der Waals surface area contributed by atoms with Gasteiger partial charge in [-0.25, -0.2) is 0 Å². The number of hydrogen-bond acceptors (Lipinski definition) is 6. The molecule has 0 heterocycles. The Kier molecular flexibility index (Phi) is 7.90. The Labute approximate surface area is 201 Å². The monoisotopic (exact) mass is 504 g/mol. The molecule has 10 heteroatoms. The molecule has 4 rings (SSSR count). The van der Waals surface area contributed by atoms with Gasteiger partial charge in [-0.15, -0.1) is 0 Å². The second-order valence-corrected chi connectivity index (χ2v) is 12.6. The van der Waals surface area contributed by atoms with Crippen molar-refractivity contribution in [3.8, 4) is 0 Å². The Morgan fingerprint density at radius 3 is 2.29 bits per heavy atom. The minimum Gasteiger partial charge on any atom is -0.481 e. The van der Waals surface area contributed by atoms with E-state index in [1.165, 1.54) is 0 Å². The van der Waals surface area contributed by atoms with Crippen molar-refractivity contribution >= 4 is 22.2 Å². The smallest absolute Gasteiger partial charge is 0.394 e. The van der Waals surface area contributed by atoms with E-state index in [1.54, 1.807) is 0 Å². The van der Waals surface area contributed by atoms with Gasteiger partial charge in [-0.3, -0.25) is 18.7 Å². The molecule has 34 heavy (non-hydrogen) atoms. The van der Waals surface area contributed by atoms with Crippen LogP contribution in [0.4, 0.5) is 0 Å². The number of carbonyl (C=O) groups excluding carboxylic acids is 1. The summed E-state index contributed by atoms with van der Waals surface area (Å²) in [6.45, 7) is 6.62. The van der Waals surface area contributed by atoms with Crippen molar-refractivity contribution < 1.29 is 42.4 Å². The lowest BCUT2D eigenvalue weighted by Crippen LogP contribution is -2.61. The Morgan fingerprint density at radius 2 is 1.71 bits per heavy atom. The number of aliphatic hydroxyl groups is 2. The van der Waals surface area contributed by atoms with Crippen LogP contribution in [0.2, 0.25) is 0 Å². The van der Waals surface area contributed by atoms with Crippen molar-refractivity contribution in [2.75, 3.05) is 0 Å². The Hall–Kier alpha value is -1.07. The van der Waals surface area contributed by atoms with E-state index in [1.807, 2.05) is 0 Å². The third-order valence-corrected chi connectivity index (χ3v) is 10.1. The van der Waals surface area contributed by atoms with Gasteiger partial charge in [0.05, 0.1) is 12.2 Å². The first-order chi connectivity index (χ1) is 15.6. The van der Waals surface area contributed by atoms with Crippen LogP contribution in [0.25, 0.3) is 0 Å². The molecule has 5 N–H and O–H groups in total. The van der Waals surface area contributed by atoms with Crippen LogP contribution in [-0.4, -0.2) is 56.8 Å². The Balaban J connectivity index is 0.000000588. The van der Waals surface area contributed by atoms with Gasteiger partial charge in [-0.05, 0) is 80.0 Å².